The number of carbonyl (C=O) groups excluding carboxylic acids is 2. The second-order valence-corrected chi connectivity index (χ2v) is 19.7. The predicted molar refractivity (Wildman–Crippen MR) is 221 cm³/mol. The lowest BCUT2D eigenvalue weighted by atomic mass is 9.71. The summed E-state index contributed by atoms with van der Waals surface area (Å²) >= 11 is 0. The average Bonchev–Trinajstić information content (AvgIpc) is 3.51. The molecule has 2 unspecified atom stereocenters. The molecule has 4 saturated heterocycles. The minimum absolute atomic E-state index is 0.00459. The Morgan fingerprint density at radius 2 is 1.83 bits per heavy atom. The van der Waals surface area contributed by atoms with E-state index in [1.807, 2.05) is 46.8 Å². The second kappa shape index (κ2) is 18.5. The summed E-state index contributed by atoms with van der Waals surface area (Å²) in [6.45, 7) is 20.4. The molecule has 0 saturated carbocycles. The number of rotatable bonds is 7. The monoisotopic (exact) mass is 829 g/mol. The van der Waals surface area contributed by atoms with E-state index in [2.05, 4.69) is 33.8 Å². The molecule has 5 aliphatic heterocycles. The van der Waals surface area contributed by atoms with Gasteiger partial charge in [-0.1, -0.05) is 85.3 Å². The zero-order valence-electron chi connectivity index (χ0n) is 37.3. The Bertz CT molecular complexity index is 1620. The first-order valence-electron chi connectivity index (χ1n) is 22.1. The van der Waals surface area contributed by atoms with Crippen molar-refractivity contribution in [3.05, 3.63) is 47.1 Å². The number of allylic oxidation sites excluding steroid dienone is 2. The van der Waals surface area contributed by atoms with Crippen molar-refractivity contribution in [3.63, 3.8) is 0 Å². The van der Waals surface area contributed by atoms with E-state index >= 15 is 0 Å². The molecular formula is C47H72O12. The van der Waals surface area contributed by atoms with Crippen LogP contribution in [0.25, 0.3) is 0 Å². The summed E-state index contributed by atoms with van der Waals surface area (Å²) in [5.41, 5.74) is -0.0362. The van der Waals surface area contributed by atoms with Gasteiger partial charge < -0.3 is 48.1 Å². The highest BCUT2D eigenvalue weighted by molar-refractivity contribution is 5.78. The number of hydrogen-bond acceptors (Lipinski definition) is 12. The summed E-state index contributed by atoms with van der Waals surface area (Å²) < 4.78 is 51.4. The highest BCUT2D eigenvalue weighted by Gasteiger charge is 2.60. The van der Waals surface area contributed by atoms with Crippen molar-refractivity contribution in [2.24, 2.45) is 29.1 Å². The fourth-order valence-corrected chi connectivity index (χ4v) is 10.1. The third-order valence-electron chi connectivity index (χ3n) is 13.6. The zero-order chi connectivity index (χ0) is 43.0. The van der Waals surface area contributed by atoms with Crippen LogP contribution in [0.2, 0.25) is 0 Å². The van der Waals surface area contributed by atoms with E-state index in [0.717, 1.165) is 18.4 Å². The van der Waals surface area contributed by atoms with Gasteiger partial charge in [0.2, 0.25) is 0 Å². The van der Waals surface area contributed by atoms with Gasteiger partial charge in [-0.2, -0.15) is 0 Å². The van der Waals surface area contributed by atoms with E-state index in [4.69, 9.17) is 37.9 Å². The van der Waals surface area contributed by atoms with Crippen LogP contribution in [-0.4, -0.2) is 108 Å². The van der Waals surface area contributed by atoms with Gasteiger partial charge in [-0.05, 0) is 67.6 Å². The summed E-state index contributed by atoms with van der Waals surface area (Å²) in [5.74, 6) is -2.38. The van der Waals surface area contributed by atoms with Gasteiger partial charge in [0.05, 0.1) is 37.4 Å². The molecule has 2 N–H and O–H groups in total. The predicted octanol–water partition coefficient (Wildman–Crippen LogP) is 7.05. The quantitative estimate of drug-likeness (QED) is 0.200. The van der Waals surface area contributed by atoms with Gasteiger partial charge in [-0.15, -0.1) is 0 Å². The molecule has 2 bridgehead atoms. The highest BCUT2D eigenvalue weighted by atomic mass is 16.7. The van der Waals surface area contributed by atoms with E-state index in [-0.39, 0.29) is 42.5 Å². The molecule has 5 heterocycles. The van der Waals surface area contributed by atoms with Gasteiger partial charge in [-0.3, -0.25) is 9.59 Å². The molecule has 1 spiro atoms. The van der Waals surface area contributed by atoms with Crippen molar-refractivity contribution in [1.82, 2.24) is 0 Å². The van der Waals surface area contributed by atoms with Gasteiger partial charge in [0.25, 0.3) is 0 Å². The average molecular weight is 829 g/mol. The summed E-state index contributed by atoms with van der Waals surface area (Å²) in [6, 6.07) is 0. The van der Waals surface area contributed by atoms with Crippen molar-refractivity contribution in [1.29, 1.82) is 0 Å². The Kier molecular flexibility index (Phi) is 14.5. The normalized spacial score (nSPS) is 44.9. The molecule has 12 heteroatoms. The highest BCUT2D eigenvalue weighted by Crippen LogP contribution is 2.48. The number of aliphatic hydroxyl groups excluding tert-OH is 1. The molecule has 0 aromatic carbocycles. The fourth-order valence-electron chi connectivity index (χ4n) is 10.1. The molecular weight excluding hydrogens is 757 g/mol. The molecule has 332 valence electrons. The van der Waals surface area contributed by atoms with Crippen LogP contribution in [0.3, 0.4) is 0 Å². The van der Waals surface area contributed by atoms with Crippen LogP contribution in [0.1, 0.15) is 121 Å². The number of ether oxygens (including phenoxy) is 8. The molecule has 4 fully saturated rings. The number of esters is 2. The molecule has 0 aromatic rings. The summed E-state index contributed by atoms with van der Waals surface area (Å²) in [6.07, 6.45) is 8.37. The van der Waals surface area contributed by atoms with Gasteiger partial charge in [-0.25, -0.2) is 0 Å². The van der Waals surface area contributed by atoms with Crippen LogP contribution < -0.4 is 0 Å². The first-order valence-corrected chi connectivity index (χ1v) is 22.1. The summed E-state index contributed by atoms with van der Waals surface area (Å²) in [5, 5.41) is 23.7. The van der Waals surface area contributed by atoms with Crippen molar-refractivity contribution in [2.45, 2.75) is 193 Å². The fraction of sp³-hybridized carbons (Fsp3) is 0.787. The van der Waals surface area contributed by atoms with Crippen LogP contribution in [0.5, 0.6) is 0 Å². The summed E-state index contributed by atoms with van der Waals surface area (Å²) in [4.78, 5) is 27.2. The molecule has 59 heavy (non-hydrogen) atoms. The van der Waals surface area contributed by atoms with Crippen LogP contribution in [0, 0.1) is 29.1 Å². The zero-order valence-corrected chi connectivity index (χ0v) is 37.3. The number of hydrogen-bond donors (Lipinski definition) is 2. The maximum absolute atomic E-state index is 14.3. The second-order valence-electron chi connectivity index (χ2n) is 19.7. The number of aliphatic hydroxyl groups is 2. The van der Waals surface area contributed by atoms with Crippen LogP contribution in [0.4, 0.5) is 0 Å². The first-order chi connectivity index (χ1) is 27.8. The molecule has 6 rings (SSSR count). The van der Waals surface area contributed by atoms with Crippen LogP contribution in [-0.2, 0) is 47.5 Å². The van der Waals surface area contributed by atoms with Gasteiger partial charge in [0, 0.05) is 38.7 Å². The summed E-state index contributed by atoms with van der Waals surface area (Å²) in [7, 11) is 1.61. The smallest absolute Gasteiger partial charge is 0.316 e. The third kappa shape index (κ3) is 10.1. The number of methoxy groups -OCH3 is 1. The first kappa shape index (κ1) is 46.1. The lowest BCUT2D eigenvalue weighted by molar-refractivity contribution is -0.340. The van der Waals surface area contributed by atoms with Gasteiger partial charge in [0.15, 0.2) is 18.2 Å². The lowest BCUT2D eigenvalue weighted by Gasteiger charge is -2.51. The molecule has 6 aliphatic rings. The SMILES string of the molecule is CCC(C)[C@H]1OC2(CC[C@@H]1C)C[C@@H]1C[C@@H](C/C=C(\C)[C@@H](O[C@H]3C[C@H](OC)[C@@H](OC(=O)CC(C)(C)C)[C@H](C)O3)[C@@H](C)/C=C/C=C3\CO[C@@H]4[C@H](O)C(C)=C[C@@H](C(=O)O1)[C@]34O)O2. The van der Waals surface area contributed by atoms with E-state index in [1.165, 1.54) is 0 Å². The van der Waals surface area contributed by atoms with Crippen LogP contribution >= 0.6 is 0 Å². The van der Waals surface area contributed by atoms with Gasteiger partial charge >= 0.3 is 11.9 Å². The Hall–Kier alpha value is -2.42. The van der Waals surface area contributed by atoms with E-state index in [9.17, 15) is 19.8 Å². The molecule has 12 nitrogen and oxygen atoms in total. The minimum Gasteiger partial charge on any atom is -0.462 e. The lowest BCUT2D eigenvalue weighted by Crippen LogP contribution is -2.58. The van der Waals surface area contributed by atoms with E-state index in [1.54, 1.807) is 26.2 Å². The van der Waals surface area contributed by atoms with Crippen molar-refractivity contribution >= 4 is 11.9 Å². The molecule has 0 amide bonds. The Morgan fingerprint density at radius 3 is 2.53 bits per heavy atom. The molecule has 0 radical (unpaired) electrons. The standard InChI is InChI=1S/C47H72O12/c1-12-26(2)41-29(5)18-19-46(59-41)23-34-21-33(58-46)17-16-28(4)40(57-38-22-36(52-11)42(31(7)54-38)56-37(48)24-45(8,9)10)27(3)14-13-15-32-25-53-43-39(49)30(6)20-35(44(50)55-34)47(32,43)51/h13-16,20,26-27,29,31,33-36,38-43,49,51H,12,17-19,21-25H2,1-11H3/b14-13+,28-16+,32-15+/t26?,27-,29-,31-,33+,34-,35-,36-,38-,39+,40-,41+,42-,43+,46?,47+/m0/s1. The van der Waals surface area contributed by atoms with Gasteiger partial charge in [0.1, 0.15) is 35.9 Å². The Labute approximate surface area is 352 Å². The van der Waals surface area contributed by atoms with E-state index < -0.39 is 72.3 Å². The Morgan fingerprint density at radius 1 is 1.08 bits per heavy atom. The van der Waals surface area contributed by atoms with Crippen molar-refractivity contribution in [2.75, 3.05) is 13.7 Å². The minimum atomic E-state index is -1.82. The number of fused-ring (bicyclic) bond motifs is 2. The largest absolute Gasteiger partial charge is 0.462 e. The van der Waals surface area contributed by atoms with E-state index in [0.29, 0.717) is 55.1 Å². The third-order valence-corrected chi connectivity index (χ3v) is 13.6. The van der Waals surface area contributed by atoms with Crippen molar-refractivity contribution in [3.8, 4) is 0 Å². The molecule has 16 atom stereocenters. The topological polar surface area (TPSA) is 148 Å². The molecule has 0 aromatic heterocycles. The number of carbonyl (C=O) groups is 2. The van der Waals surface area contributed by atoms with Crippen molar-refractivity contribution < 1.29 is 57.7 Å². The maximum atomic E-state index is 14.3. The molecule has 1 aliphatic carbocycles. The Balaban J connectivity index is 1.33. The maximum Gasteiger partial charge on any atom is 0.316 e. The van der Waals surface area contributed by atoms with Crippen LogP contribution in [0.15, 0.2) is 47.1 Å².